The minimum atomic E-state index is -0.655. The Labute approximate surface area is 191 Å². The van der Waals surface area contributed by atoms with Gasteiger partial charge in [-0.1, -0.05) is 0 Å². The van der Waals surface area contributed by atoms with E-state index in [9.17, 15) is 0 Å². The van der Waals surface area contributed by atoms with Gasteiger partial charge in [-0.15, -0.1) is 0 Å². The SMILES string of the molecule is [Li][CH]=CCC(OC(c1ccccc1)(c1ccccc1)c1ccccc1)C(C)CCC. The Morgan fingerprint density at radius 3 is 1.60 bits per heavy atom. The summed E-state index contributed by atoms with van der Waals surface area (Å²) < 4.78 is 9.39. The molecule has 3 rings (SSSR count). The van der Waals surface area contributed by atoms with E-state index >= 15 is 0 Å². The molecular formula is C28H31LiO. The van der Waals surface area contributed by atoms with Crippen molar-refractivity contribution in [2.75, 3.05) is 0 Å². The van der Waals surface area contributed by atoms with Crippen LogP contribution in [0.15, 0.2) is 102 Å². The van der Waals surface area contributed by atoms with Crippen molar-refractivity contribution in [3.8, 4) is 0 Å². The fourth-order valence-electron chi connectivity index (χ4n) is 4.26. The molecule has 0 amide bonds. The molecule has 0 aliphatic carbocycles. The van der Waals surface area contributed by atoms with E-state index in [4.69, 9.17) is 4.74 Å². The second-order valence-corrected chi connectivity index (χ2v) is 8.01. The summed E-state index contributed by atoms with van der Waals surface area (Å²) in [4.78, 5) is 0. The number of rotatable bonds is 10. The maximum atomic E-state index is 7.26. The summed E-state index contributed by atoms with van der Waals surface area (Å²) in [5.41, 5.74) is 2.84. The normalized spacial score (nSPS) is 14.0. The van der Waals surface area contributed by atoms with Gasteiger partial charge >= 0.3 is 192 Å². The van der Waals surface area contributed by atoms with Gasteiger partial charge in [0.2, 0.25) is 0 Å². The summed E-state index contributed by atoms with van der Waals surface area (Å²) in [6.45, 7) is 4.57. The molecule has 0 saturated carbocycles. The van der Waals surface area contributed by atoms with Gasteiger partial charge in [0.15, 0.2) is 0 Å². The van der Waals surface area contributed by atoms with Crippen LogP contribution in [0, 0.1) is 5.92 Å². The minimum absolute atomic E-state index is 0.113. The first kappa shape index (κ1) is 22.6. The summed E-state index contributed by atoms with van der Waals surface area (Å²) >= 11 is 2.08. The number of ether oxygens (including phenoxy) is 1. The molecule has 0 saturated heterocycles. The van der Waals surface area contributed by atoms with Gasteiger partial charge in [-0.05, 0) is 0 Å². The summed E-state index contributed by atoms with van der Waals surface area (Å²) in [5.74, 6) is 0.460. The molecule has 2 heteroatoms. The van der Waals surface area contributed by atoms with E-state index in [-0.39, 0.29) is 6.10 Å². The first-order valence-corrected chi connectivity index (χ1v) is 11.2. The fourth-order valence-corrected chi connectivity index (χ4v) is 4.26. The van der Waals surface area contributed by atoms with E-state index in [0.29, 0.717) is 5.92 Å². The third-order valence-corrected chi connectivity index (χ3v) is 5.85. The first-order valence-electron chi connectivity index (χ1n) is 11.2. The van der Waals surface area contributed by atoms with Crippen LogP contribution in [0.3, 0.4) is 0 Å². The van der Waals surface area contributed by atoms with Crippen molar-refractivity contribution in [1.29, 1.82) is 0 Å². The van der Waals surface area contributed by atoms with Crippen LogP contribution in [0.4, 0.5) is 0 Å². The Balaban J connectivity index is 2.22. The van der Waals surface area contributed by atoms with Crippen LogP contribution < -0.4 is 0 Å². The van der Waals surface area contributed by atoms with Gasteiger partial charge in [0.05, 0.1) is 0 Å². The number of benzene rings is 3. The molecule has 3 aromatic rings. The van der Waals surface area contributed by atoms with Gasteiger partial charge in [-0.2, -0.15) is 0 Å². The van der Waals surface area contributed by atoms with E-state index in [0.717, 1.165) is 36.0 Å². The summed E-state index contributed by atoms with van der Waals surface area (Å²) in [5, 5.41) is 0. The molecule has 2 unspecified atom stereocenters. The molecule has 0 radical (unpaired) electrons. The van der Waals surface area contributed by atoms with Crippen LogP contribution in [0.1, 0.15) is 49.8 Å². The van der Waals surface area contributed by atoms with E-state index in [1.165, 1.54) is 0 Å². The second kappa shape index (κ2) is 11.4. The molecule has 30 heavy (non-hydrogen) atoms. The van der Waals surface area contributed by atoms with Crippen LogP contribution in [0.2, 0.25) is 0 Å². The summed E-state index contributed by atoms with van der Waals surface area (Å²) in [7, 11) is 0. The van der Waals surface area contributed by atoms with Crippen molar-refractivity contribution in [1.82, 2.24) is 0 Å². The molecule has 0 spiro atoms. The van der Waals surface area contributed by atoms with Gasteiger partial charge in [0, 0.05) is 0 Å². The molecule has 3 aromatic carbocycles. The Hall–Kier alpha value is -2.04. The Morgan fingerprint density at radius 1 is 0.800 bits per heavy atom. The quantitative estimate of drug-likeness (QED) is 0.271. The van der Waals surface area contributed by atoms with Crippen molar-refractivity contribution in [2.45, 2.75) is 44.8 Å². The number of hydrogen-bond acceptors (Lipinski definition) is 1. The van der Waals surface area contributed by atoms with Gasteiger partial charge < -0.3 is 0 Å². The third kappa shape index (κ3) is 5.16. The van der Waals surface area contributed by atoms with Crippen LogP contribution in [0.25, 0.3) is 0 Å². The van der Waals surface area contributed by atoms with E-state index in [1.807, 2.05) is 0 Å². The van der Waals surface area contributed by atoms with Crippen molar-refractivity contribution in [3.05, 3.63) is 119 Å². The zero-order valence-electron chi connectivity index (χ0n) is 18.5. The van der Waals surface area contributed by atoms with Crippen LogP contribution in [0.5, 0.6) is 0 Å². The van der Waals surface area contributed by atoms with Gasteiger partial charge in [-0.3, -0.25) is 0 Å². The van der Waals surface area contributed by atoms with Crippen molar-refractivity contribution < 1.29 is 4.74 Å². The standard InChI is InChI=1S/C28H31O.Li/c1-4-15-23(3)27(16-5-2)29-28(24-17-9-6-10-18-24,25-19-11-7-12-20-25)26-21-13-8-14-22-26;/h2,5-14,17-23,27H,4,15-16H2,1,3H3;. The molecule has 0 aliphatic heterocycles. The Morgan fingerprint density at radius 2 is 1.23 bits per heavy atom. The molecular weight excluding hydrogens is 359 g/mol. The average molecular weight is 390 g/mol. The topological polar surface area (TPSA) is 9.23 Å². The van der Waals surface area contributed by atoms with Gasteiger partial charge in [0.1, 0.15) is 0 Å². The van der Waals surface area contributed by atoms with Crippen LogP contribution >= 0.6 is 0 Å². The maximum absolute atomic E-state index is 7.26. The monoisotopic (exact) mass is 390 g/mol. The Kier molecular flexibility index (Phi) is 8.58. The fraction of sp³-hybridized carbons (Fsp3) is 0.286. The summed E-state index contributed by atoms with van der Waals surface area (Å²) in [6.07, 6.45) is 5.57. The number of hydrogen-bond donors (Lipinski definition) is 0. The molecule has 0 fully saturated rings. The second-order valence-electron chi connectivity index (χ2n) is 8.01. The Bertz CT molecular complexity index is 793. The van der Waals surface area contributed by atoms with Crippen molar-refractivity contribution in [2.24, 2.45) is 5.92 Å². The van der Waals surface area contributed by atoms with Crippen LogP contribution in [-0.2, 0) is 10.3 Å². The van der Waals surface area contributed by atoms with E-state index < -0.39 is 5.60 Å². The summed E-state index contributed by atoms with van der Waals surface area (Å²) in [6, 6.07) is 32.0. The van der Waals surface area contributed by atoms with Gasteiger partial charge in [0.25, 0.3) is 0 Å². The predicted octanol–water partition coefficient (Wildman–Crippen LogP) is 6.87. The molecule has 150 valence electrons. The van der Waals surface area contributed by atoms with Crippen molar-refractivity contribution in [3.63, 3.8) is 0 Å². The van der Waals surface area contributed by atoms with Crippen molar-refractivity contribution >= 4 is 17.7 Å². The van der Waals surface area contributed by atoms with Crippen LogP contribution in [-0.4, -0.2) is 23.8 Å². The molecule has 0 aromatic heterocycles. The predicted molar refractivity (Wildman–Crippen MR) is 128 cm³/mol. The molecule has 0 N–H and O–H groups in total. The molecule has 0 heterocycles. The third-order valence-electron chi connectivity index (χ3n) is 5.85. The van der Waals surface area contributed by atoms with E-state index in [2.05, 4.69) is 133 Å². The first-order chi connectivity index (χ1) is 14.7. The molecule has 1 nitrogen and oxygen atoms in total. The molecule has 2 atom stereocenters. The van der Waals surface area contributed by atoms with Gasteiger partial charge in [-0.25, -0.2) is 0 Å². The average Bonchev–Trinajstić information content (AvgIpc) is 2.81. The zero-order chi connectivity index (χ0) is 21.2. The molecule has 0 aliphatic rings. The zero-order valence-corrected chi connectivity index (χ0v) is 18.5. The van der Waals surface area contributed by atoms with E-state index in [1.54, 1.807) is 0 Å². The molecule has 0 bridgehead atoms.